The zero-order chi connectivity index (χ0) is 16.4. The molecule has 3 aliphatic heterocycles. The number of hydroxylamine groups is 2. The third kappa shape index (κ3) is 3.34. The first kappa shape index (κ1) is 16.1. The Labute approximate surface area is 142 Å². The summed E-state index contributed by atoms with van der Waals surface area (Å²) in [7, 11) is 0. The molecular formula is C17H26N4O3. The van der Waals surface area contributed by atoms with Gasteiger partial charge in [-0.2, -0.15) is 5.10 Å². The SMILES string of the molecule is O=C([C@@H]1CN(CC2CCOCC2)Cc2ccnn21)N1CCCCO1. The number of carbonyl (C=O) groups excluding carboxylic acids is 1. The van der Waals surface area contributed by atoms with Gasteiger partial charge in [-0.3, -0.25) is 19.2 Å². The standard InChI is InChI=1S/C17H26N4O3/c22-17(20-7-1-2-8-24-20)16-13-19(11-14-4-9-23-10-5-14)12-15-3-6-18-21(15)16/h3,6,14,16H,1-2,4-5,7-13H2/t16-/m0/s1. The smallest absolute Gasteiger partial charge is 0.272 e. The van der Waals surface area contributed by atoms with Crippen molar-refractivity contribution in [3.8, 4) is 0 Å². The highest BCUT2D eigenvalue weighted by atomic mass is 16.7. The molecule has 0 N–H and O–H groups in total. The van der Waals surface area contributed by atoms with Crippen LogP contribution in [0.5, 0.6) is 0 Å². The first-order chi connectivity index (χ1) is 11.8. The van der Waals surface area contributed by atoms with Crippen LogP contribution in [0.3, 0.4) is 0 Å². The van der Waals surface area contributed by atoms with Crippen molar-refractivity contribution in [2.24, 2.45) is 5.92 Å². The lowest BCUT2D eigenvalue weighted by Crippen LogP contribution is -2.48. The minimum Gasteiger partial charge on any atom is -0.381 e. The first-order valence-corrected chi connectivity index (χ1v) is 9.08. The van der Waals surface area contributed by atoms with Gasteiger partial charge in [-0.15, -0.1) is 0 Å². The molecule has 2 saturated heterocycles. The molecule has 1 atom stereocenters. The van der Waals surface area contributed by atoms with E-state index in [-0.39, 0.29) is 11.9 Å². The van der Waals surface area contributed by atoms with Crippen LogP contribution >= 0.6 is 0 Å². The number of nitrogens with zero attached hydrogens (tertiary/aromatic N) is 4. The van der Waals surface area contributed by atoms with E-state index in [2.05, 4.69) is 10.00 Å². The van der Waals surface area contributed by atoms with Crippen molar-refractivity contribution >= 4 is 5.91 Å². The van der Waals surface area contributed by atoms with E-state index < -0.39 is 0 Å². The van der Waals surface area contributed by atoms with Crippen molar-refractivity contribution in [1.29, 1.82) is 0 Å². The maximum Gasteiger partial charge on any atom is 0.272 e. The summed E-state index contributed by atoms with van der Waals surface area (Å²) in [6.45, 7) is 5.65. The summed E-state index contributed by atoms with van der Waals surface area (Å²) in [4.78, 5) is 20.9. The van der Waals surface area contributed by atoms with E-state index in [0.717, 1.165) is 57.7 Å². The molecular weight excluding hydrogens is 308 g/mol. The molecule has 132 valence electrons. The Morgan fingerprint density at radius 3 is 2.92 bits per heavy atom. The summed E-state index contributed by atoms with van der Waals surface area (Å²) in [5.74, 6) is 0.700. The second-order valence-corrected chi connectivity index (χ2v) is 7.01. The summed E-state index contributed by atoms with van der Waals surface area (Å²) >= 11 is 0. The Bertz CT molecular complexity index is 564. The monoisotopic (exact) mass is 334 g/mol. The van der Waals surface area contributed by atoms with Crippen molar-refractivity contribution in [2.45, 2.75) is 38.3 Å². The van der Waals surface area contributed by atoms with E-state index in [1.54, 1.807) is 11.3 Å². The third-order valence-electron chi connectivity index (χ3n) is 5.26. The average Bonchev–Trinajstić information content (AvgIpc) is 3.10. The Kier molecular flexibility index (Phi) is 4.82. The molecule has 4 heterocycles. The fraction of sp³-hybridized carbons (Fsp3) is 0.765. The van der Waals surface area contributed by atoms with E-state index in [9.17, 15) is 4.79 Å². The summed E-state index contributed by atoms with van der Waals surface area (Å²) in [6.07, 6.45) is 6.06. The lowest BCUT2D eigenvalue weighted by Gasteiger charge is -2.38. The Morgan fingerprint density at radius 2 is 2.12 bits per heavy atom. The quantitative estimate of drug-likeness (QED) is 0.832. The van der Waals surface area contributed by atoms with Gasteiger partial charge in [-0.25, -0.2) is 5.06 Å². The third-order valence-corrected chi connectivity index (χ3v) is 5.26. The second-order valence-electron chi connectivity index (χ2n) is 7.01. The van der Waals surface area contributed by atoms with Gasteiger partial charge in [0.05, 0.1) is 12.3 Å². The van der Waals surface area contributed by atoms with Gasteiger partial charge in [-0.1, -0.05) is 0 Å². The molecule has 0 aromatic carbocycles. The molecule has 24 heavy (non-hydrogen) atoms. The van der Waals surface area contributed by atoms with Crippen molar-refractivity contribution in [3.63, 3.8) is 0 Å². The highest BCUT2D eigenvalue weighted by molar-refractivity contribution is 5.80. The lowest BCUT2D eigenvalue weighted by molar-refractivity contribution is -0.201. The fourth-order valence-corrected chi connectivity index (χ4v) is 3.92. The van der Waals surface area contributed by atoms with Gasteiger partial charge in [0.2, 0.25) is 0 Å². The molecule has 0 aliphatic carbocycles. The predicted octanol–water partition coefficient (Wildman–Crippen LogP) is 1.22. The number of hydrogen-bond acceptors (Lipinski definition) is 5. The lowest BCUT2D eigenvalue weighted by atomic mass is 9.98. The van der Waals surface area contributed by atoms with E-state index in [1.165, 1.54) is 0 Å². The molecule has 0 unspecified atom stereocenters. The second kappa shape index (κ2) is 7.21. The van der Waals surface area contributed by atoms with Gasteiger partial charge in [0.25, 0.3) is 5.91 Å². The maximum atomic E-state index is 12.9. The van der Waals surface area contributed by atoms with Crippen LogP contribution in [-0.4, -0.2) is 65.1 Å². The zero-order valence-electron chi connectivity index (χ0n) is 14.1. The number of hydrogen-bond donors (Lipinski definition) is 0. The maximum absolute atomic E-state index is 12.9. The minimum absolute atomic E-state index is 0.0383. The normalized spacial score (nSPS) is 26.3. The molecule has 1 aromatic rings. The number of amides is 1. The molecule has 0 saturated carbocycles. The summed E-state index contributed by atoms with van der Waals surface area (Å²) in [5.41, 5.74) is 1.11. The zero-order valence-corrected chi connectivity index (χ0v) is 14.1. The molecule has 0 radical (unpaired) electrons. The van der Waals surface area contributed by atoms with E-state index in [1.807, 2.05) is 10.7 Å². The van der Waals surface area contributed by atoms with Crippen molar-refractivity contribution in [2.75, 3.05) is 39.5 Å². The van der Waals surface area contributed by atoms with Crippen LogP contribution in [0.1, 0.15) is 37.4 Å². The van der Waals surface area contributed by atoms with Crippen LogP contribution in [-0.2, 0) is 20.9 Å². The van der Waals surface area contributed by atoms with Crippen LogP contribution in [0.15, 0.2) is 12.3 Å². The molecule has 4 rings (SSSR count). The van der Waals surface area contributed by atoms with E-state index >= 15 is 0 Å². The molecule has 0 spiro atoms. The highest BCUT2D eigenvalue weighted by Gasteiger charge is 2.35. The van der Waals surface area contributed by atoms with Crippen molar-refractivity contribution < 1.29 is 14.4 Å². The number of fused-ring (bicyclic) bond motifs is 1. The number of carbonyl (C=O) groups is 1. The molecule has 1 aromatic heterocycles. The summed E-state index contributed by atoms with van der Waals surface area (Å²) in [5, 5.41) is 5.96. The van der Waals surface area contributed by atoms with Crippen LogP contribution in [0.4, 0.5) is 0 Å². The largest absolute Gasteiger partial charge is 0.381 e. The first-order valence-electron chi connectivity index (χ1n) is 9.08. The number of ether oxygens (including phenoxy) is 1. The fourth-order valence-electron chi connectivity index (χ4n) is 3.92. The molecule has 2 fully saturated rings. The van der Waals surface area contributed by atoms with E-state index in [4.69, 9.17) is 9.57 Å². The van der Waals surface area contributed by atoms with Crippen molar-refractivity contribution in [3.05, 3.63) is 18.0 Å². The number of rotatable bonds is 3. The molecule has 3 aliphatic rings. The summed E-state index contributed by atoms with van der Waals surface area (Å²) in [6, 6.07) is 1.75. The van der Waals surface area contributed by atoms with Crippen LogP contribution in [0, 0.1) is 5.92 Å². The summed E-state index contributed by atoms with van der Waals surface area (Å²) < 4.78 is 7.35. The van der Waals surface area contributed by atoms with Crippen LogP contribution < -0.4 is 0 Å². The minimum atomic E-state index is -0.276. The highest BCUT2D eigenvalue weighted by Crippen LogP contribution is 2.26. The molecule has 0 bridgehead atoms. The van der Waals surface area contributed by atoms with Gasteiger partial charge in [0.15, 0.2) is 0 Å². The Hall–Kier alpha value is -1.44. The molecule has 1 amide bonds. The predicted molar refractivity (Wildman–Crippen MR) is 87.0 cm³/mol. The van der Waals surface area contributed by atoms with Gasteiger partial charge < -0.3 is 4.74 Å². The van der Waals surface area contributed by atoms with Crippen LogP contribution in [0.2, 0.25) is 0 Å². The van der Waals surface area contributed by atoms with Gasteiger partial charge in [-0.05, 0) is 37.7 Å². The van der Waals surface area contributed by atoms with Crippen molar-refractivity contribution in [1.82, 2.24) is 19.7 Å². The average molecular weight is 334 g/mol. The van der Waals surface area contributed by atoms with Gasteiger partial charge in [0.1, 0.15) is 6.04 Å². The van der Waals surface area contributed by atoms with Gasteiger partial charge >= 0.3 is 0 Å². The Morgan fingerprint density at radius 1 is 1.25 bits per heavy atom. The molecule has 7 nitrogen and oxygen atoms in total. The van der Waals surface area contributed by atoms with E-state index in [0.29, 0.717) is 25.6 Å². The van der Waals surface area contributed by atoms with Gasteiger partial charge in [0, 0.05) is 45.6 Å². The topological polar surface area (TPSA) is 59.8 Å². The molecule has 7 heteroatoms. The number of aromatic nitrogens is 2. The Balaban J connectivity index is 1.47. The van der Waals surface area contributed by atoms with Crippen LogP contribution in [0.25, 0.3) is 0 Å².